The van der Waals surface area contributed by atoms with Crippen LogP contribution in [0.15, 0.2) is 97.1 Å². The maximum absolute atomic E-state index is 6.55. The highest BCUT2D eigenvalue weighted by atomic mass is 32.1. The summed E-state index contributed by atoms with van der Waals surface area (Å²) in [6, 6.07) is 35.9. The Morgan fingerprint density at radius 2 is 1.33 bits per heavy atom. The number of rotatable bonds is 3. The van der Waals surface area contributed by atoms with Crippen molar-refractivity contribution in [2.24, 2.45) is 0 Å². The minimum Gasteiger partial charge on any atom is -0.399 e. The lowest BCUT2D eigenvalue weighted by Gasteiger charge is -2.32. The SMILES string of the molecule is CC1(C)OB(c2cc3c4c5c(cc(-c6cccc7c6sc6ccccc67)cc5n(-c5ccccc5)c4c2)CC3)OC1(C)C. The fourth-order valence-corrected chi connectivity index (χ4v) is 8.46. The fraction of sp³-hybridized carbons (Fsp3) is 0.211. The first kappa shape index (κ1) is 25.6. The van der Waals surface area contributed by atoms with Gasteiger partial charge in [-0.3, -0.25) is 0 Å². The van der Waals surface area contributed by atoms with Gasteiger partial charge >= 0.3 is 7.12 Å². The van der Waals surface area contributed by atoms with E-state index in [0.29, 0.717) is 0 Å². The number of hydrogen-bond donors (Lipinski definition) is 0. The average Bonchev–Trinajstić information content (AvgIpc) is 3.62. The quantitative estimate of drug-likeness (QED) is 0.196. The van der Waals surface area contributed by atoms with Crippen LogP contribution in [-0.4, -0.2) is 22.9 Å². The lowest BCUT2D eigenvalue weighted by atomic mass is 9.76. The van der Waals surface area contributed by atoms with Gasteiger partial charge in [-0.1, -0.05) is 66.7 Å². The lowest BCUT2D eigenvalue weighted by molar-refractivity contribution is 0.00578. The second-order valence-corrected chi connectivity index (χ2v) is 14.2. The molecule has 3 heterocycles. The van der Waals surface area contributed by atoms with Gasteiger partial charge in [0.1, 0.15) is 0 Å². The van der Waals surface area contributed by atoms with E-state index in [2.05, 4.69) is 129 Å². The topological polar surface area (TPSA) is 23.4 Å². The van der Waals surface area contributed by atoms with Crippen molar-refractivity contribution in [1.29, 1.82) is 0 Å². The van der Waals surface area contributed by atoms with Crippen molar-refractivity contribution >= 4 is 65.9 Å². The first-order valence-electron chi connectivity index (χ1n) is 15.2. The first-order valence-corrected chi connectivity index (χ1v) is 16.1. The molecule has 0 atom stereocenters. The molecule has 0 bridgehead atoms. The zero-order valence-corrected chi connectivity index (χ0v) is 25.7. The van der Waals surface area contributed by atoms with Gasteiger partial charge in [-0.05, 0) is 98.6 Å². The molecule has 0 spiro atoms. The van der Waals surface area contributed by atoms with Crippen molar-refractivity contribution < 1.29 is 9.31 Å². The fourth-order valence-electron chi connectivity index (χ4n) is 7.22. The maximum Gasteiger partial charge on any atom is 0.494 e. The minimum atomic E-state index is -0.393. The first-order chi connectivity index (χ1) is 20.8. The van der Waals surface area contributed by atoms with Crippen LogP contribution in [-0.2, 0) is 22.2 Å². The molecule has 2 aromatic heterocycles. The average molecular weight is 578 g/mol. The van der Waals surface area contributed by atoms with Crippen molar-refractivity contribution in [2.45, 2.75) is 51.7 Å². The molecule has 1 aliphatic carbocycles. The molecule has 1 saturated heterocycles. The predicted molar refractivity (Wildman–Crippen MR) is 182 cm³/mol. The van der Waals surface area contributed by atoms with Crippen molar-refractivity contribution in [2.75, 3.05) is 0 Å². The van der Waals surface area contributed by atoms with E-state index < -0.39 is 7.12 Å². The molecule has 9 rings (SSSR count). The van der Waals surface area contributed by atoms with Crippen molar-refractivity contribution in [3.63, 3.8) is 0 Å². The van der Waals surface area contributed by atoms with Gasteiger partial charge in [0.05, 0.1) is 22.2 Å². The predicted octanol–water partition coefficient (Wildman–Crippen LogP) is 9.22. The number of thiophene rings is 1. The number of nitrogens with zero attached hydrogens (tertiary/aromatic N) is 1. The normalized spacial score (nSPS) is 17.3. The van der Waals surface area contributed by atoms with Crippen molar-refractivity contribution in [1.82, 2.24) is 4.57 Å². The third-order valence-corrected chi connectivity index (χ3v) is 11.3. The molecule has 1 fully saturated rings. The van der Waals surface area contributed by atoms with Crippen LogP contribution in [0.2, 0.25) is 0 Å². The monoisotopic (exact) mass is 577 g/mol. The number of aromatic nitrogens is 1. The van der Waals surface area contributed by atoms with Gasteiger partial charge in [-0.25, -0.2) is 0 Å². The van der Waals surface area contributed by atoms with Crippen molar-refractivity contribution in [3.05, 3.63) is 108 Å². The Balaban J connectivity index is 1.33. The highest BCUT2D eigenvalue weighted by molar-refractivity contribution is 7.26. The van der Waals surface area contributed by atoms with Gasteiger partial charge in [0, 0.05) is 36.6 Å². The third kappa shape index (κ3) is 3.62. The Hall–Kier alpha value is -3.90. The van der Waals surface area contributed by atoms with Crippen LogP contribution in [0.5, 0.6) is 0 Å². The maximum atomic E-state index is 6.55. The van der Waals surface area contributed by atoms with E-state index in [1.165, 1.54) is 69.9 Å². The molecule has 7 aromatic rings. The molecule has 5 heteroatoms. The molecule has 210 valence electrons. The summed E-state index contributed by atoms with van der Waals surface area (Å²) in [5, 5.41) is 5.43. The Labute approximate surface area is 255 Å². The second-order valence-electron chi connectivity index (χ2n) is 13.1. The van der Waals surface area contributed by atoms with E-state index in [-0.39, 0.29) is 11.2 Å². The van der Waals surface area contributed by atoms with E-state index in [1.807, 2.05) is 11.3 Å². The van der Waals surface area contributed by atoms with Crippen LogP contribution in [0.25, 0.3) is 58.8 Å². The molecule has 0 radical (unpaired) electrons. The smallest absolute Gasteiger partial charge is 0.399 e. The second kappa shape index (κ2) is 8.82. The van der Waals surface area contributed by atoms with Crippen LogP contribution in [0.1, 0.15) is 38.8 Å². The zero-order chi connectivity index (χ0) is 29.1. The summed E-state index contributed by atoms with van der Waals surface area (Å²) in [4.78, 5) is 0. The Morgan fingerprint density at radius 3 is 2.09 bits per heavy atom. The Bertz CT molecular complexity index is 2240. The van der Waals surface area contributed by atoms with Crippen molar-refractivity contribution in [3.8, 4) is 16.8 Å². The zero-order valence-electron chi connectivity index (χ0n) is 24.9. The van der Waals surface area contributed by atoms with Gasteiger partial charge in [0.2, 0.25) is 0 Å². The van der Waals surface area contributed by atoms with Crippen LogP contribution >= 0.6 is 11.3 Å². The largest absolute Gasteiger partial charge is 0.494 e. The number of fused-ring (bicyclic) bond motifs is 3. The molecule has 3 nitrogen and oxygen atoms in total. The number of hydrogen-bond acceptors (Lipinski definition) is 3. The molecule has 0 unspecified atom stereocenters. The van der Waals surface area contributed by atoms with Crippen LogP contribution in [0.3, 0.4) is 0 Å². The van der Waals surface area contributed by atoms with Gasteiger partial charge in [-0.15, -0.1) is 11.3 Å². The minimum absolute atomic E-state index is 0.383. The molecule has 0 N–H and O–H groups in total. The number of benzene rings is 5. The lowest BCUT2D eigenvalue weighted by Crippen LogP contribution is -2.41. The summed E-state index contributed by atoms with van der Waals surface area (Å²) < 4.78 is 18.3. The molecule has 2 aliphatic rings. The summed E-state index contributed by atoms with van der Waals surface area (Å²) >= 11 is 1.90. The molecule has 5 aromatic carbocycles. The van der Waals surface area contributed by atoms with Crippen LogP contribution in [0.4, 0.5) is 0 Å². The molecule has 0 saturated carbocycles. The summed E-state index contributed by atoms with van der Waals surface area (Å²) in [7, 11) is -0.393. The van der Waals surface area contributed by atoms with E-state index in [0.717, 1.165) is 18.3 Å². The number of aryl methyl sites for hydroxylation is 2. The Morgan fingerprint density at radius 1 is 0.674 bits per heavy atom. The summed E-state index contributed by atoms with van der Waals surface area (Å²) in [6.07, 6.45) is 2.02. The molecular weight excluding hydrogens is 545 g/mol. The summed E-state index contributed by atoms with van der Waals surface area (Å²) in [6.45, 7) is 8.51. The third-order valence-electron chi connectivity index (χ3n) is 10.1. The highest BCUT2D eigenvalue weighted by Crippen LogP contribution is 2.45. The van der Waals surface area contributed by atoms with Gasteiger partial charge in [0.25, 0.3) is 0 Å². The highest BCUT2D eigenvalue weighted by Gasteiger charge is 2.52. The standard InChI is InChI=1S/C38H32BNO2S/c1-37(2)38(3,4)42-39(41-37)26-20-24-18-17-23-19-25(28-14-10-15-30-29-13-8-9-16-33(29)43-36(28)30)21-31-34(23)35(24)32(22-26)40(31)27-11-6-5-7-12-27/h5-16,19-22H,17-18H2,1-4H3. The molecule has 0 amide bonds. The molecule has 43 heavy (non-hydrogen) atoms. The van der Waals surface area contributed by atoms with E-state index in [1.54, 1.807) is 0 Å². The van der Waals surface area contributed by atoms with Gasteiger partial charge in [0.15, 0.2) is 0 Å². The molecular formula is C38H32BNO2S. The Kier molecular flexibility index (Phi) is 5.25. The van der Waals surface area contributed by atoms with Crippen LogP contribution in [0, 0.1) is 0 Å². The van der Waals surface area contributed by atoms with E-state index >= 15 is 0 Å². The molecule has 1 aliphatic heterocycles. The van der Waals surface area contributed by atoms with E-state index in [4.69, 9.17) is 9.31 Å². The summed E-state index contributed by atoms with van der Waals surface area (Å²) in [5.41, 5.74) is 9.40. The van der Waals surface area contributed by atoms with Crippen LogP contribution < -0.4 is 5.46 Å². The van der Waals surface area contributed by atoms with Gasteiger partial charge < -0.3 is 13.9 Å². The summed E-state index contributed by atoms with van der Waals surface area (Å²) in [5.74, 6) is 0. The van der Waals surface area contributed by atoms with E-state index in [9.17, 15) is 0 Å². The van der Waals surface area contributed by atoms with Gasteiger partial charge in [-0.2, -0.15) is 0 Å². The number of para-hydroxylation sites is 1.